The lowest BCUT2D eigenvalue weighted by molar-refractivity contribution is -0.886. The fourth-order valence-electron chi connectivity index (χ4n) is 2.77. The monoisotopic (exact) mass is 395 g/mol. The van der Waals surface area contributed by atoms with E-state index in [9.17, 15) is 9.59 Å². The number of quaternary nitrogens is 1. The summed E-state index contributed by atoms with van der Waals surface area (Å²) in [6.45, 7) is 3.40. The molecule has 2 aromatic rings. The largest absolute Gasteiger partial charge is 0.378 e. The lowest BCUT2D eigenvalue weighted by Crippen LogP contribution is -3.09. The number of likely N-dealkylation sites (N-methyl/N-ethyl adjacent to an activating group) is 1. The van der Waals surface area contributed by atoms with Crippen molar-refractivity contribution in [3.05, 3.63) is 44.9 Å². The Kier molecular flexibility index (Phi) is 5.27. The number of hydrogen-bond donors (Lipinski definition) is 1. The SMILES string of the molecule is C[NH+](CC(=O)N1CCOCC1)Cc1cc(=O)n2cc(Br)ccc2n1. The number of nitrogens with zero attached hydrogens (tertiary/aromatic N) is 3. The van der Waals surface area contributed by atoms with Crippen molar-refractivity contribution in [1.29, 1.82) is 0 Å². The van der Waals surface area contributed by atoms with Crippen LogP contribution in [0.4, 0.5) is 0 Å². The van der Waals surface area contributed by atoms with Gasteiger partial charge in [-0.3, -0.25) is 14.0 Å². The molecule has 2 aromatic heterocycles. The highest BCUT2D eigenvalue weighted by atomic mass is 79.9. The minimum Gasteiger partial charge on any atom is -0.378 e. The molecule has 1 unspecified atom stereocenters. The number of hydrogen-bond acceptors (Lipinski definition) is 4. The van der Waals surface area contributed by atoms with Crippen molar-refractivity contribution in [2.75, 3.05) is 39.9 Å². The van der Waals surface area contributed by atoms with E-state index >= 15 is 0 Å². The first-order valence-corrected chi connectivity index (χ1v) is 8.67. The van der Waals surface area contributed by atoms with Gasteiger partial charge in [0.25, 0.3) is 11.5 Å². The lowest BCUT2D eigenvalue weighted by Gasteiger charge is -2.27. The summed E-state index contributed by atoms with van der Waals surface area (Å²) in [5, 5.41) is 0. The van der Waals surface area contributed by atoms with Crippen LogP contribution in [0, 0.1) is 0 Å². The number of aromatic nitrogens is 2. The minimum absolute atomic E-state index is 0.109. The van der Waals surface area contributed by atoms with E-state index in [1.54, 1.807) is 12.3 Å². The zero-order valence-corrected chi connectivity index (χ0v) is 15.1. The molecule has 8 heteroatoms. The quantitative estimate of drug-likeness (QED) is 0.745. The molecule has 1 aliphatic heterocycles. The summed E-state index contributed by atoms with van der Waals surface area (Å²) >= 11 is 3.35. The Morgan fingerprint density at radius 1 is 1.38 bits per heavy atom. The third-order valence-electron chi connectivity index (χ3n) is 3.98. The molecule has 1 N–H and O–H groups in total. The number of amides is 1. The first-order valence-electron chi connectivity index (χ1n) is 7.87. The first kappa shape index (κ1) is 17.1. The van der Waals surface area contributed by atoms with Crippen molar-refractivity contribution in [3.8, 4) is 0 Å². The molecule has 1 aliphatic rings. The van der Waals surface area contributed by atoms with Crippen molar-refractivity contribution in [2.45, 2.75) is 6.54 Å². The Bertz CT molecular complexity index is 801. The lowest BCUT2D eigenvalue weighted by atomic mass is 10.3. The number of morpholine rings is 1. The zero-order valence-electron chi connectivity index (χ0n) is 13.5. The molecule has 0 spiro atoms. The maximum Gasteiger partial charge on any atom is 0.277 e. The smallest absolute Gasteiger partial charge is 0.277 e. The molecule has 1 amide bonds. The highest BCUT2D eigenvalue weighted by Gasteiger charge is 2.20. The van der Waals surface area contributed by atoms with Gasteiger partial charge in [0.2, 0.25) is 0 Å². The van der Waals surface area contributed by atoms with E-state index in [1.165, 1.54) is 10.5 Å². The van der Waals surface area contributed by atoms with Gasteiger partial charge in [-0.2, -0.15) is 0 Å². The summed E-state index contributed by atoms with van der Waals surface area (Å²) in [5.74, 6) is 0.109. The third kappa shape index (κ3) is 4.00. The summed E-state index contributed by atoms with van der Waals surface area (Å²) in [4.78, 5) is 31.8. The molecule has 0 bridgehead atoms. The van der Waals surface area contributed by atoms with Crippen molar-refractivity contribution in [1.82, 2.24) is 14.3 Å². The minimum atomic E-state index is -0.122. The summed E-state index contributed by atoms with van der Waals surface area (Å²) in [5.41, 5.74) is 1.17. The maximum atomic E-state index is 12.3. The number of nitrogens with one attached hydrogen (secondary N) is 1. The number of rotatable bonds is 4. The van der Waals surface area contributed by atoms with Gasteiger partial charge in [0.05, 0.1) is 20.3 Å². The summed E-state index contributed by atoms with van der Waals surface area (Å²) in [7, 11) is 1.93. The van der Waals surface area contributed by atoms with E-state index in [0.717, 1.165) is 9.37 Å². The van der Waals surface area contributed by atoms with Gasteiger partial charge in [-0.1, -0.05) is 0 Å². The van der Waals surface area contributed by atoms with Gasteiger partial charge in [-0.25, -0.2) is 4.98 Å². The first-order chi connectivity index (χ1) is 11.5. The number of pyridine rings is 1. The molecule has 3 rings (SSSR count). The van der Waals surface area contributed by atoms with Crippen LogP contribution in [-0.2, 0) is 16.1 Å². The van der Waals surface area contributed by atoms with Gasteiger partial charge in [-0.05, 0) is 28.1 Å². The van der Waals surface area contributed by atoms with Crippen LogP contribution in [0.1, 0.15) is 5.69 Å². The predicted octanol–water partition coefficient (Wildman–Crippen LogP) is -0.669. The second-order valence-corrected chi connectivity index (χ2v) is 6.88. The Labute approximate surface area is 148 Å². The number of carbonyl (C=O) groups is 1. The molecular weight excluding hydrogens is 376 g/mol. The zero-order chi connectivity index (χ0) is 17.1. The predicted molar refractivity (Wildman–Crippen MR) is 92.0 cm³/mol. The van der Waals surface area contributed by atoms with Crippen LogP contribution in [0.15, 0.2) is 33.7 Å². The Balaban J connectivity index is 1.68. The fourth-order valence-corrected chi connectivity index (χ4v) is 3.11. The van der Waals surface area contributed by atoms with E-state index in [-0.39, 0.29) is 11.5 Å². The van der Waals surface area contributed by atoms with Crippen LogP contribution in [-0.4, -0.2) is 60.1 Å². The molecule has 1 atom stereocenters. The number of halogens is 1. The van der Waals surface area contributed by atoms with Crippen molar-refractivity contribution in [2.24, 2.45) is 0 Å². The molecule has 1 fully saturated rings. The second-order valence-electron chi connectivity index (χ2n) is 5.97. The van der Waals surface area contributed by atoms with Crippen LogP contribution >= 0.6 is 15.9 Å². The molecular formula is C16H20BrN4O3+. The molecule has 3 heterocycles. The van der Waals surface area contributed by atoms with Crippen LogP contribution in [0.5, 0.6) is 0 Å². The van der Waals surface area contributed by atoms with Crippen LogP contribution < -0.4 is 10.5 Å². The Morgan fingerprint density at radius 2 is 2.12 bits per heavy atom. The Morgan fingerprint density at radius 3 is 2.88 bits per heavy atom. The Hall–Kier alpha value is -1.77. The normalized spacial score (nSPS) is 16.3. The van der Waals surface area contributed by atoms with E-state index in [2.05, 4.69) is 20.9 Å². The van der Waals surface area contributed by atoms with Crippen LogP contribution in [0.3, 0.4) is 0 Å². The van der Waals surface area contributed by atoms with Gasteiger partial charge in [0, 0.05) is 29.8 Å². The van der Waals surface area contributed by atoms with Gasteiger partial charge < -0.3 is 14.5 Å². The standard InChI is InChI=1S/C16H19BrN4O3/c1-19(11-16(23)20-4-6-24-7-5-20)10-13-8-15(22)21-9-12(17)2-3-14(21)18-13/h2-3,8-9H,4-7,10-11H2,1H3/p+1. The molecule has 24 heavy (non-hydrogen) atoms. The fraction of sp³-hybridized carbons (Fsp3) is 0.438. The molecule has 0 saturated carbocycles. The van der Waals surface area contributed by atoms with Gasteiger partial charge in [-0.15, -0.1) is 0 Å². The molecule has 0 aromatic carbocycles. The number of carbonyl (C=O) groups excluding carboxylic acids is 1. The average Bonchev–Trinajstić information content (AvgIpc) is 2.56. The van der Waals surface area contributed by atoms with Gasteiger partial charge >= 0.3 is 0 Å². The molecule has 128 valence electrons. The second kappa shape index (κ2) is 7.42. The average molecular weight is 396 g/mol. The highest BCUT2D eigenvalue weighted by molar-refractivity contribution is 9.10. The molecule has 7 nitrogen and oxygen atoms in total. The molecule has 0 radical (unpaired) electrons. The van der Waals surface area contributed by atoms with E-state index in [1.807, 2.05) is 18.0 Å². The van der Waals surface area contributed by atoms with E-state index < -0.39 is 0 Å². The third-order valence-corrected chi connectivity index (χ3v) is 4.45. The van der Waals surface area contributed by atoms with Crippen molar-refractivity contribution < 1.29 is 14.4 Å². The number of ether oxygens (including phenoxy) is 1. The maximum absolute atomic E-state index is 12.3. The van der Waals surface area contributed by atoms with E-state index in [0.29, 0.717) is 50.7 Å². The molecule has 1 saturated heterocycles. The summed E-state index contributed by atoms with van der Waals surface area (Å²) in [6, 6.07) is 5.18. The van der Waals surface area contributed by atoms with E-state index in [4.69, 9.17) is 4.74 Å². The van der Waals surface area contributed by atoms with Crippen molar-refractivity contribution >= 4 is 27.5 Å². The summed E-state index contributed by atoms with van der Waals surface area (Å²) < 4.78 is 7.59. The number of fused-ring (bicyclic) bond motifs is 1. The molecule has 0 aliphatic carbocycles. The summed E-state index contributed by atoms with van der Waals surface area (Å²) in [6.07, 6.45) is 1.70. The van der Waals surface area contributed by atoms with Crippen LogP contribution in [0.2, 0.25) is 0 Å². The topological polar surface area (TPSA) is 68.4 Å². The van der Waals surface area contributed by atoms with Crippen LogP contribution in [0.25, 0.3) is 5.65 Å². The van der Waals surface area contributed by atoms with Crippen molar-refractivity contribution in [3.63, 3.8) is 0 Å². The highest BCUT2D eigenvalue weighted by Crippen LogP contribution is 2.09. The van der Waals surface area contributed by atoms with Gasteiger partial charge in [0.1, 0.15) is 17.9 Å². The van der Waals surface area contributed by atoms with Gasteiger partial charge in [0.15, 0.2) is 6.54 Å².